The highest BCUT2D eigenvalue weighted by Crippen LogP contribution is 2.34. The van der Waals surface area contributed by atoms with E-state index in [1.165, 1.54) is 0 Å². The Hall–Kier alpha value is -2.47. The van der Waals surface area contributed by atoms with E-state index in [1.54, 1.807) is 6.07 Å². The molecule has 18 heavy (non-hydrogen) atoms. The standard InChI is InChI=1S/C12H12N4O2/c13-16-12-3-1-2-11(15-12)14-8-4-5-9-10(6-8)18-7-17-9/h1-6H,7,13H2,(H2,14,15,16). The zero-order valence-electron chi connectivity index (χ0n) is 9.51. The normalized spacial score (nSPS) is 12.3. The minimum Gasteiger partial charge on any atom is -0.454 e. The van der Waals surface area contributed by atoms with Crippen LogP contribution in [0.3, 0.4) is 0 Å². The van der Waals surface area contributed by atoms with E-state index in [2.05, 4.69) is 15.7 Å². The Bertz CT molecular complexity index is 574. The lowest BCUT2D eigenvalue weighted by molar-refractivity contribution is 0.174. The topological polar surface area (TPSA) is 81.4 Å². The van der Waals surface area contributed by atoms with E-state index in [9.17, 15) is 0 Å². The number of pyridine rings is 1. The fourth-order valence-corrected chi connectivity index (χ4v) is 1.71. The summed E-state index contributed by atoms with van der Waals surface area (Å²) in [6.07, 6.45) is 0. The summed E-state index contributed by atoms with van der Waals surface area (Å²) in [5, 5.41) is 3.17. The number of nitrogens with zero attached hydrogens (tertiary/aromatic N) is 1. The molecule has 0 bridgehead atoms. The summed E-state index contributed by atoms with van der Waals surface area (Å²) in [4.78, 5) is 4.26. The lowest BCUT2D eigenvalue weighted by Gasteiger charge is -2.07. The Balaban J connectivity index is 1.83. The molecule has 0 aliphatic carbocycles. The minimum atomic E-state index is 0.267. The van der Waals surface area contributed by atoms with Gasteiger partial charge in [0.15, 0.2) is 11.5 Å². The van der Waals surface area contributed by atoms with Crippen molar-refractivity contribution in [3.8, 4) is 11.5 Å². The fraction of sp³-hybridized carbons (Fsp3) is 0.0833. The van der Waals surface area contributed by atoms with Crippen molar-refractivity contribution in [3.63, 3.8) is 0 Å². The number of nitrogen functional groups attached to an aromatic ring is 1. The average molecular weight is 244 g/mol. The number of hydrazine groups is 1. The third-order valence-corrected chi connectivity index (χ3v) is 2.54. The number of anilines is 3. The molecule has 6 nitrogen and oxygen atoms in total. The van der Waals surface area contributed by atoms with Gasteiger partial charge in [-0.3, -0.25) is 0 Å². The monoisotopic (exact) mass is 244 g/mol. The highest BCUT2D eigenvalue weighted by atomic mass is 16.7. The van der Waals surface area contributed by atoms with Crippen LogP contribution in [0.4, 0.5) is 17.3 Å². The third kappa shape index (κ3) is 2.01. The second-order valence-electron chi connectivity index (χ2n) is 3.75. The maximum Gasteiger partial charge on any atom is 0.231 e. The van der Waals surface area contributed by atoms with E-state index in [-0.39, 0.29) is 6.79 Å². The number of aromatic nitrogens is 1. The summed E-state index contributed by atoms with van der Waals surface area (Å²) in [6.45, 7) is 0.267. The number of fused-ring (bicyclic) bond motifs is 1. The number of rotatable bonds is 3. The summed E-state index contributed by atoms with van der Waals surface area (Å²) in [5.74, 6) is 8.09. The van der Waals surface area contributed by atoms with Gasteiger partial charge in [-0.2, -0.15) is 0 Å². The van der Waals surface area contributed by atoms with E-state index >= 15 is 0 Å². The van der Waals surface area contributed by atoms with Gasteiger partial charge in [0.25, 0.3) is 0 Å². The molecule has 0 saturated carbocycles. The zero-order chi connectivity index (χ0) is 12.4. The fourth-order valence-electron chi connectivity index (χ4n) is 1.71. The lowest BCUT2D eigenvalue weighted by atomic mass is 10.2. The Labute approximate surface area is 104 Å². The van der Waals surface area contributed by atoms with Crippen molar-refractivity contribution >= 4 is 17.3 Å². The van der Waals surface area contributed by atoms with Crippen LogP contribution in [0.25, 0.3) is 0 Å². The number of hydrogen-bond acceptors (Lipinski definition) is 6. The van der Waals surface area contributed by atoms with E-state index in [0.29, 0.717) is 11.6 Å². The molecule has 0 atom stereocenters. The molecule has 0 fully saturated rings. The maximum absolute atomic E-state index is 5.31. The molecular formula is C12H12N4O2. The highest BCUT2D eigenvalue weighted by Gasteiger charge is 2.13. The molecule has 6 heteroatoms. The summed E-state index contributed by atoms with van der Waals surface area (Å²) in [6, 6.07) is 11.1. The molecule has 1 aromatic heterocycles. The highest BCUT2D eigenvalue weighted by molar-refractivity contribution is 5.62. The second kappa shape index (κ2) is 4.42. The van der Waals surface area contributed by atoms with Crippen molar-refractivity contribution in [3.05, 3.63) is 36.4 Å². The third-order valence-electron chi connectivity index (χ3n) is 2.54. The van der Waals surface area contributed by atoms with Crippen LogP contribution < -0.4 is 26.1 Å². The van der Waals surface area contributed by atoms with Crippen LogP contribution in [0.5, 0.6) is 11.5 Å². The number of ether oxygens (including phenoxy) is 2. The Kier molecular flexibility index (Phi) is 2.62. The molecule has 0 radical (unpaired) electrons. The van der Waals surface area contributed by atoms with Gasteiger partial charge < -0.3 is 20.2 Å². The molecule has 0 saturated heterocycles. The number of nitrogens with one attached hydrogen (secondary N) is 2. The summed E-state index contributed by atoms with van der Waals surface area (Å²) >= 11 is 0. The molecule has 2 heterocycles. The van der Waals surface area contributed by atoms with Gasteiger partial charge in [-0.15, -0.1) is 0 Å². The van der Waals surface area contributed by atoms with Gasteiger partial charge in [-0.1, -0.05) is 6.07 Å². The van der Waals surface area contributed by atoms with E-state index in [0.717, 1.165) is 17.2 Å². The van der Waals surface area contributed by atoms with Crippen molar-refractivity contribution in [1.82, 2.24) is 4.98 Å². The first-order chi connectivity index (χ1) is 8.85. The molecule has 3 rings (SSSR count). The number of hydrogen-bond donors (Lipinski definition) is 3. The molecule has 1 aliphatic heterocycles. The van der Waals surface area contributed by atoms with Gasteiger partial charge in [0.2, 0.25) is 6.79 Å². The molecule has 4 N–H and O–H groups in total. The first kappa shape index (κ1) is 10.7. The molecule has 92 valence electrons. The molecule has 1 aliphatic rings. The Morgan fingerprint density at radius 3 is 2.78 bits per heavy atom. The number of benzene rings is 1. The van der Waals surface area contributed by atoms with Crippen LogP contribution in [-0.2, 0) is 0 Å². The van der Waals surface area contributed by atoms with Crippen LogP contribution in [0.2, 0.25) is 0 Å². The van der Waals surface area contributed by atoms with Crippen molar-refractivity contribution in [1.29, 1.82) is 0 Å². The maximum atomic E-state index is 5.31. The van der Waals surface area contributed by atoms with Crippen LogP contribution in [0, 0.1) is 0 Å². The quantitative estimate of drug-likeness (QED) is 0.564. The smallest absolute Gasteiger partial charge is 0.231 e. The SMILES string of the molecule is NNc1cccc(Nc2ccc3c(c2)OCO3)n1. The minimum absolute atomic E-state index is 0.267. The Morgan fingerprint density at radius 1 is 1.06 bits per heavy atom. The molecule has 2 aromatic rings. The first-order valence-electron chi connectivity index (χ1n) is 5.45. The van der Waals surface area contributed by atoms with E-state index < -0.39 is 0 Å². The largest absolute Gasteiger partial charge is 0.454 e. The average Bonchev–Trinajstić information content (AvgIpc) is 2.86. The molecular weight excluding hydrogens is 232 g/mol. The van der Waals surface area contributed by atoms with E-state index in [4.69, 9.17) is 15.3 Å². The van der Waals surface area contributed by atoms with Crippen molar-refractivity contribution < 1.29 is 9.47 Å². The van der Waals surface area contributed by atoms with Gasteiger partial charge in [0.05, 0.1) is 0 Å². The molecule has 0 unspecified atom stereocenters. The molecule has 1 aromatic carbocycles. The zero-order valence-corrected chi connectivity index (χ0v) is 9.51. The summed E-state index contributed by atoms with van der Waals surface area (Å²) < 4.78 is 10.6. The molecule has 0 spiro atoms. The van der Waals surface area contributed by atoms with Gasteiger partial charge >= 0.3 is 0 Å². The van der Waals surface area contributed by atoms with Crippen molar-refractivity contribution in [2.75, 3.05) is 17.5 Å². The van der Waals surface area contributed by atoms with Gasteiger partial charge in [0.1, 0.15) is 11.6 Å². The van der Waals surface area contributed by atoms with Crippen LogP contribution >= 0.6 is 0 Å². The van der Waals surface area contributed by atoms with E-state index in [1.807, 2.05) is 30.3 Å². The van der Waals surface area contributed by atoms with Crippen molar-refractivity contribution in [2.24, 2.45) is 5.84 Å². The number of nitrogens with two attached hydrogens (primary N) is 1. The first-order valence-corrected chi connectivity index (χ1v) is 5.45. The second-order valence-corrected chi connectivity index (χ2v) is 3.75. The van der Waals surface area contributed by atoms with Crippen LogP contribution in [-0.4, -0.2) is 11.8 Å². The van der Waals surface area contributed by atoms with Gasteiger partial charge in [-0.05, 0) is 24.3 Å². The predicted octanol–water partition coefficient (Wildman–Crippen LogP) is 1.84. The summed E-state index contributed by atoms with van der Waals surface area (Å²) in [7, 11) is 0. The summed E-state index contributed by atoms with van der Waals surface area (Å²) in [5.41, 5.74) is 3.37. The van der Waals surface area contributed by atoms with Gasteiger partial charge in [0, 0.05) is 11.8 Å². The molecule has 0 amide bonds. The van der Waals surface area contributed by atoms with Crippen LogP contribution in [0.15, 0.2) is 36.4 Å². The van der Waals surface area contributed by atoms with Gasteiger partial charge in [-0.25, -0.2) is 10.8 Å². The van der Waals surface area contributed by atoms with Crippen molar-refractivity contribution in [2.45, 2.75) is 0 Å². The predicted molar refractivity (Wildman–Crippen MR) is 67.9 cm³/mol. The Morgan fingerprint density at radius 2 is 1.89 bits per heavy atom. The van der Waals surface area contributed by atoms with Crippen LogP contribution in [0.1, 0.15) is 0 Å². The lowest BCUT2D eigenvalue weighted by Crippen LogP contribution is -2.08.